The van der Waals surface area contributed by atoms with Crippen LogP contribution in [0.4, 0.5) is 13.2 Å². The van der Waals surface area contributed by atoms with Crippen molar-refractivity contribution in [2.45, 2.75) is 32.5 Å². The second kappa shape index (κ2) is 6.98. The van der Waals surface area contributed by atoms with Gasteiger partial charge in [0.25, 0.3) is 0 Å². The Labute approximate surface area is 161 Å². The van der Waals surface area contributed by atoms with Gasteiger partial charge in [-0.25, -0.2) is 9.97 Å². The molecule has 146 valence electrons. The number of aromatic nitrogens is 3. The van der Waals surface area contributed by atoms with Gasteiger partial charge >= 0.3 is 6.18 Å². The molecule has 1 unspecified atom stereocenters. The molecule has 4 nitrogen and oxygen atoms in total. The minimum absolute atomic E-state index is 0.557. The molecule has 2 aromatic heterocycles. The number of pyridine rings is 1. The van der Waals surface area contributed by atoms with Gasteiger partial charge in [-0.3, -0.25) is 4.98 Å². The van der Waals surface area contributed by atoms with E-state index in [1.54, 1.807) is 36.7 Å². The Balaban J connectivity index is 1.99. The molecule has 0 saturated carbocycles. The molecule has 0 saturated heterocycles. The Morgan fingerprint density at radius 1 is 0.750 bits per heavy atom. The highest BCUT2D eigenvalue weighted by Gasteiger charge is 2.43. The van der Waals surface area contributed by atoms with E-state index in [-0.39, 0.29) is 0 Å². The van der Waals surface area contributed by atoms with Crippen molar-refractivity contribution >= 4 is 0 Å². The van der Waals surface area contributed by atoms with Gasteiger partial charge in [-0.05, 0) is 22.6 Å². The van der Waals surface area contributed by atoms with Crippen LogP contribution in [0.5, 0.6) is 0 Å². The Kier molecular flexibility index (Phi) is 4.97. The van der Waals surface area contributed by atoms with Crippen LogP contribution in [0.1, 0.15) is 37.6 Å². The lowest BCUT2D eigenvalue weighted by molar-refractivity contribution is -0.141. The molecule has 0 spiro atoms. The summed E-state index contributed by atoms with van der Waals surface area (Å²) in [5.41, 5.74) is -0.378. The lowest BCUT2D eigenvalue weighted by Gasteiger charge is -2.40. The number of halogens is 3. The Bertz CT molecular complexity index is 934. The fourth-order valence-corrected chi connectivity index (χ4v) is 3.15. The fraction of sp³-hybridized carbons (Fsp3) is 0.286. The van der Waals surface area contributed by atoms with E-state index in [9.17, 15) is 18.3 Å². The molecule has 0 aliphatic carbocycles. The second-order valence-corrected chi connectivity index (χ2v) is 7.59. The van der Waals surface area contributed by atoms with Crippen molar-refractivity contribution in [3.05, 3.63) is 78.1 Å². The van der Waals surface area contributed by atoms with Crippen LogP contribution in [0.3, 0.4) is 0 Å². The van der Waals surface area contributed by atoms with Crippen molar-refractivity contribution in [2.24, 2.45) is 5.41 Å². The highest BCUT2D eigenvalue weighted by atomic mass is 19.4. The smallest absolute Gasteiger partial charge is 0.380 e. The van der Waals surface area contributed by atoms with Gasteiger partial charge in [0.05, 0.1) is 0 Å². The molecular formula is C21H20F3N3O. The van der Waals surface area contributed by atoms with E-state index < -0.39 is 22.9 Å². The largest absolute Gasteiger partial charge is 0.433 e. The second-order valence-electron chi connectivity index (χ2n) is 7.59. The van der Waals surface area contributed by atoms with Crippen molar-refractivity contribution in [1.82, 2.24) is 15.0 Å². The first-order valence-electron chi connectivity index (χ1n) is 8.65. The number of alkyl halides is 3. The standard InChI is InChI=1S/C21H20F3N3O/c1-19(2,3)20(28,17-11-25-13-26-12-17)16-7-4-14(5-8-16)15-6-9-18(27-10-15)21(22,23)24/h4-13,28H,1-3H3. The Hall–Kier alpha value is -2.80. The van der Waals surface area contributed by atoms with Gasteiger partial charge in [0.15, 0.2) is 0 Å². The summed E-state index contributed by atoms with van der Waals surface area (Å²) in [6.07, 6.45) is 1.27. The van der Waals surface area contributed by atoms with Gasteiger partial charge in [0.2, 0.25) is 0 Å². The summed E-state index contributed by atoms with van der Waals surface area (Å²) in [6.45, 7) is 5.73. The molecular weight excluding hydrogens is 367 g/mol. The maximum atomic E-state index is 12.7. The quantitative estimate of drug-likeness (QED) is 0.699. The molecule has 3 rings (SSSR count). The van der Waals surface area contributed by atoms with E-state index >= 15 is 0 Å². The molecule has 0 amide bonds. The van der Waals surface area contributed by atoms with E-state index in [4.69, 9.17) is 0 Å². The van der Waals surface area contributed by atoms with E-state index in [0.29, 0.717) is 22.3 Å². The number of rotatable bonds is 3. The molecule has 1 atom stereocenters. The van der Waals surface area contributed by atoms with E-state index in [1.807, 2.05) is 20.8 Å². The van der Waals surface area contributed by atoms with Crippen molar-refractivity contribution in [3.8, 4) is 11.1 Å². The molecule has 0 radical (unpaired) electrons. The molecule has 3 aromatic rings. The van der Waals surface area contributed by atoms with Gasteiger partial charge < -0.3 is 5.11 Å². The van der Waals surface area contributed by atoms with E-state index in [0.717, 1.165) is 6.07 Å². The molecule has 0 aliphatic heterocycles. The van der Waals surface area contributed by atoms with E-state index in [1.165, 1.54) is 18.6 Å². The van der Waals surface area contributed by atoms with Gasteiger partial charge in [0.1, 0.15) is 17.6 Å². The molecule has 1 aromatic carbocycles. The molecule has 0 bridgehead atoms. The lowest BCUT2D eigenvalue weighted by Crippen LogP contribution is -2.41. The Morgan fingerprint density at radius 3 is 1.79 bits per heavy atom. The number of nitrogens with zero attached hydrogens (tertiary/aromatic N) is 3. The first kappa shape index (κ1) is 19.9. The number of hydrogen-bond donors (Lipinski definition) is 1. The molecule has 7 heteroatoms. The van der Waals surface area contributed by atoms with Crippen LogP contribution in [-0.4, -0.2) is 20.1 Å². The third kappa shape index (κ3) is 3.62. The van der Waals surface area contributed by atoms with E-state index in [2.05, 4.69) is 15.0 Å². The number of aliphatic hydroxyl groups is 1. The number of benzene rings is 1. The SMILES string of the molecule is CC(C)(C)C(O)(c1ccc(-c2ccc(C(F)(F)F)nc2)cc1)c1cncnc1. The molecule has 0 aliphatic rings. The van der Waals surface area contributed by atoms with Crippen LogP contribution in [0.15, 0.2) is 61.3 Å². The minimum Gasteiger partial charge on any atom is -0.380 e. The van der Waals surface area contributed by atoms with Crippen LogP contribution < -0.4 is 0 Å². The van der Waals surface area contributed by atoms with Gasteiger partial charge in [-0.1, -0.05) is 51.1 Å². The maximum absolute atomic E-state index is 12.7. The number of hydrogen-bond acceptors (Lipinski definition) is 4. The van der Waals surface area contributed by atoms with Crippen molar-refractivity contribution < 1.29 is 18.3 Å². The lowest BCUT2D eigenvalue weighted by atomic mass is 9.69. The van der Waals surface area contributed by atoms with Gasteiger partial charge in [-0.15, -0.1) is 0 Å². The van der Waals surface area contributed by atoms with Crippen molar-refractivity contribution in [2.75, 3.05) is 0 Å². The molecule has 0 fully saturated rings. The zero-order chi connectivity index (χ0) is 20.6. The van der Waals surface area contributed by atoms with Crippen molar-refractivity contribution in [3.63, 3.8) is 0 Å². The van der Waals surface area contributed by atoms with Crippen LogP contribution in [0, 0.1) is 5.41 Å². The van der Waals surface area contributed by atoms with Crippen LogP contribution in [0.25, 0.3) is 11.1 Å². The van der Waals surface area contributed by atoms with Crippen LogP contribution >= 0.6 is 0 Å². The third-order valence-electron chi connectivity index (χ3n) is 4.75. The first-order valence-corrected chi connectivity index (χ1v) is 8.65. The summed E-state index contributed by atoms with van der Waals surface area (Å²) in [6, 6.07) is 9.35. The topological polar surface area (TPSA) is 58.9 Å². The average molecular weight is 387 g/mol. The monoisotopic (exact) mass is 387 g/mol. The predicted molar refractivity (Wildman–Crippen MR) is 99.2 cm³/mol. The zero-order valence-electron chi connectivity index (χ0n) is 15.7. The zero-order valence-corrected chi connectivity index (χ0v) is 15.7. The van der Waals surface area contributed by atoms with Crippen molar-refractivity contribution in [1.29, 1.82) is 0 Å². The minimum atomic E-state index is -4.47. The first-order chi connectivity index (χ1) is 13.0. The summed E-state index contributed by atoms with van der Waals surface area (Å²) in [4.78, 5) is 11.5. The molecule has 2 heterocycles. The molecule has 28 heavy (non-hydrogen) atoms. The summed E-state index contributed by atoms with van der Waals surface area (Å²) < 4.78 is 38.0. The van der Waals surface area contributed by atoms with Gasteiger partial charge in [-0.2, -0.15) is 13.2 Å². The normalized spacial score (nSPS) is 14.5. The molecule has 1 N–H and O–H groups in total. The highest BCUT2D eigenvalue weighted by Crippen LogP contribution is 2.44. The summed E-state index contributed by atoms with van der Waals surface area (Å²) >= 11 is 0. The van der Waals surface area contributed by atoms with Crippen LogP contribution in [0.2, 0.25) is 0 Å². The summed E-state index contributed by atoms with van der Waals surface area (Å²) in [7, 11) is 0. The average Bonchev–Trinajstić information content (AvgIpc) is 2.67. The van der Waals surface area contributed by atoms with Gasteiger partial charge in [0, 0.05) is 29.7 Å². The maximum Gasteiger partial charge on any atom is 0.433 e. The predicted octanol–water partition coefficient (Wildman–Crippen LogP) is 4.84. The summed E-state index contributed by atoms with van der Waals surface area (Å²) in [5.74, 6) is 0. The van der Waals surface area contributed by atoms with Crippen LogP contribution in [-0.2, 0) is 11.8 Å². The fourth-order valence-electron chi connectivity index (χ4n) is 3.15. The highest BCUT2D eigenvalue weighted by molar-refractivity contribution is 5.63. The summed E-state index contributed by atoms with van der Waals surface area (Å²) in [5, 5.41) is 11.6. The third-order valence-corrected chi connectivity index (χ3v) is 4.75. The Morgan fingerprint density at radius 2 is 1.32 bits per heavy atom.